The molecule has 0 saturated carbocycles. The van der Waals surface area contributed by atoms with Gasteiger partial charge in [0.1, 0.15) is 0 Å². The van der Waals surface area contributed by atoms with Crippen molar-refractivity contribution in [2.45, 2.75) is 49.3 Å². The number of carbonyl (C=O) groups is 1. The van der Waals surface area contributed by atoms with E-state index in [1.807, 2.05) is 18.9 Å². The third-order valence-corrected chi connectivity index (χ3v) is 5.24. The molecular weight excluding hydrogens is 280 g/mol. The van der Waals surface area contributed by atoms with Crippen LogP contribution in [0.2, 0.25) is 0 Å². The summed E-state index contributed by atoms with van der Waals surface area (Å²) in [5, 5.41) is 3.23. The molecule has 1 aromatic rings. The summed E-state index contributed by atoms with van der Waals surface area (Å²) in [7, 11) is 1.96. The molecule has 1 aromatic carbocycles. The monoisotopic (exact) mass is 306 g/mol. The van der Waals surface area contributed by atoms with Crippen molar-refractivity contribution in [2.75, 3.05) is 20.1 Å². The first-order valence-corrected chi connectivity index (χ1v) is 8.72. The Bertz CT molecular complexity index is 454. The first-order valence-electron chi connectivity index (χ1n) is 7.84. The van der Waals surface area contributed by atoms with Crippen LogP contribution in [0.4, 0.5) is 0 Å². The second-order valence-corrected chi connectivity index (χ2v) is 7.14. The number of hydrogen-bond acceptors (Lipinski definition) is 3. The molecule has 2 rings (SSSR count). The number of benzene rings is 1. The van der Waals surface area contributed by atoms with E-state index >= 15 is 0 Å². The Morgan fingerprint density at radius 2 is 1.76 bits per heavy atom. The number of nitrogens with one attached hydrogen (secondary N) is 1. The van der Waals surface area contributed by atoms with Gasteiger partial charge in [0.15, 0.2) is 0 Å². The van der Waals surface area contributed by atoms with E-state index in [2.05, 4.69) is 36.5 Å². The highest BCUT2D eigenvalue weighted by Gasteiger charge is 2.22. The van der Waals surface area contributed by atoms with Gasteiger partial charge in [-0.2, -0.15) is 0 Å². The zero-order valence-corrected chi connectivity index (χ0v) is 14.1. The summed E-state index contributed by atoms with van der Waals surface area (Å²) in [5.74, 6) is 0.285. The molecule has 21 heavy (non-hydrogen) atoms. The maximum Gasteiger partial charge on any atom is 0.235 e. The van der Waals surface area contributed by atoms with Crippen molar-refractivity contribution in [1.29, 1.82) is 0 Å². The van der Waals surface area contributed by atoms with E-state index in [0.29, 0.717) is 6.04 Å². The zero-order valence-electron chi connectivity index (χ0n) is 13.3. The minimum absolute atomic E-state index is 0.00401. The maximum atomic E-state index is 12.4. The molecule has 3 nitrogen and oxygen atoms in total. The Hall–Kier alpha value is -1.00. The van der Waals surface area contributed by atoms with Crippen LogP contribution in [0.1, 0.15) is 44.7 Å². The van der Waals surface area contributed by atoms with Gasteiger partial charge in [0, 0.05) is 24.0 Å². The average Bonchev–Trinajstić information content (AvgIpc) is 2.55. The molecule has 1 saturated heterocycles. The number of nitrogens with zero attached hydrogens (tertiary/aromatic N) is 1. The highest BCUT2D eigenvalue weighted by atomic mass is 32.2. The van der Waals surface area contributed by atoms with Crippen molar-refractivity contribution in [3.05, 3.63) is 29.8 Å². The average molecular weight is 306 g/mol. The fourth-order valence-electron chi connectivity index (χ4n) is 2.63. The van der Waals surface area contributed by atoms with Crippen molar-refractivity contribution < 1.29 is 4.79 Å². The molecule has 0 aromatic heterocycles. The van der Waals surface area contributed by atoms with E-state index in [-0.39, 0.29) is 11.2 Å². The van der Waals surface area contributed by atoms with E-state index in [4.69, 9.17) is 0 Å². The van der Waals surface area contributed by atoms with Gasteiger partial charge in [-0.15, -0.1) is 11.8 Å². The fraction of sp³-hybridized carbons (Fsp3) is 0.588. The Morgan fingerprint density at radius 3 is 2.33 bits per heavy atom. The third kappa shape index (κ3) is 4.48. The molecule has 1 amide bonds. The van der Waals surface area contributed by atoms with Gasteiger partial charge in [-0.1, -0.05) is 12.1 Å². The number of amides is 1. The van der Waals surface area contributed by atoms with Crippen molar-refractivity contribution >= 4 is 17.7 Å². The summed E-state index contributed by atoms with van der Waals surface area (Å²) >= 11 is 1.66. The number of likely N-dealkylation sites (tertiary alicyclic amines) is 1. The molecule has 0 radical (unpaired) electrons. The summed E-state index contributed by atoms with van der Waals surface area (Å²) in [6.07, 6.45) is 3.57. The molecule has 1 aliphatic heterocycles. The highest BCUT2D eigenvalue weighted by molar-refractivity contribution is 8.00. The van der Waals surface area contributed by atoms with E-state index in [0.717, 1.165) is 25.9 Å². The second kappa shape index (κ2) is 7.85. The molecule has 0 bridgehead atoms. The van der Waals surface area contributed by atoms with E-state index in [1.165, 1.54) is 16.9 Å². The van der Waals surface area contributed by atoms with Gasteiger partial charge in [-0.05, 0) is 57.9 Å². The van der Waals surface area contributed by atoms with Crippen molar-refractivity contribution in [1.82, 2.24) is 10.2 Å². The summed E-state index contributed by atoms with van der Waals surface area (Å²) in [4.78, 5) is 15.6. The Labute approximate surface area is 132 Å². The summed E-state index contributed by atoms with van der Waals surface area (Å²) < 4.78 is 0. The van der Waals surface area contributed by atoms with Gasteiger partial charge >= 0.3 is 0 Å². The van der Waals surface area contributed by atoms with E-state index in [9.17, 15) is 4.79 Å². The Morgan fingerprint density at radius 1 is 1.14 bits per heavy atom. The van der Waals surface area contributed by atoms with Crippen LogP contribution in [0, 0.1) is 0 Å². The molecule has 0 aliphatic carbocycles. The second-order valence-electron chi connectivity index (χ2n) is 5.73. The SMILES string of the molecule is CNC(C)c1ccc(SC(C)C(=O)N2CCCCC2)cc1. The van der Waals surface area contributed by atoms with Crippen LogP contribution in [0.25, 0.3) is 0 Å². The predicted molar refractivity (Wildman–Crippen MR) is 89.7 cm³/mol. The van der Waals surface area contributed by atoms with Gasteiger partial charge in [-0.3, -0.25) is 4.79 Å². The normalized spacial score (nSPS) is 18.3. The molecule has 1 fully saturated rings. The predicted octanol–water partition coefficient (Wildman–Crippen LogP) is 3.46. The molecule has 116 valence electrons. The first-order chi connectivity index (χ1) is 10.1. The van der Waals surface area contributed by atoms with Crippen LogP contribution in [0.3, 0.4) is 0 Å². The highest BCUT2D eigenvalue weighted by Crippen LogP contribution is 2.26. The van der Waals surface area contributed by atoms with Crippen LogP contribution in [-0.2, 0) is 4.79 Å². The lowest BCUT2D eigenvalue weighted by atomic mass is 10.1. The molecule has 2 atom stereocenters. The number of rotatable bonds is 5. The van der Waals surface area contributed by atoms with Crippen molar-refractivity contribution in [2.24, 2.45) is 0 Å². The lowest BCUT2D eigenvalue weighted by Gasteiger charge is -2.29. The Balaban J connectivity index is 1.92. The lowest BCUT2D eigenvalue weighted by molar-refractivity contribution is -0.131. The topological polar surface area (TPSA) is 32.3 Å². The number of hydrogen-bond donors (Lipinski definition) is 1. The molecule has 4 heteroatoms. The minimum atomic E-state index is -0.00401. The first kappa shape index (κ1) is 16.4. The van der Waals surface area contributed by atoms with E-state index in [1.54, 1.807) is 11.8 Å². The Kier molecular flexibility index (Phi) is 6.12. The number of piperidine rings is 1. The van der Waals surface area contributed by atoms with Crippen LogP contribution < -0.4 is 5.32 Å². The summed E-state index contributed by atoms with van der Waals surface area (Å²) in [6.45, 7) is 6.03. The molecule has 1 N–H and O–H groups in total. The van der Waals surface area contributed by atoms with Crippen molar-refractivity contribution in [3.63, 3.8) is 0 Å². The van der Waals surface area contributed by atoms with Crippen molar-refractivity contribution in [3.8, 4) is 0 Å². The number of thioether (sulfide) groups is 1. The smallest absolute Gasteiger partial charge is 0.235 e. The fourth-order valence-corrected chi connectivity index (χ4v) is 3.58. The number of carbonyl (C=O) groups excluding carboxylic acids is 1. The van der Waals surface area contributed by atoms with Gasteiger partial charge < -0.3 is 10.2 Å². The van der Waals surface area contributed by atoms with Crippen LogP contribution in [0.15, 0.2) is 29.2 Å². The summed E-state index contributed by atoms with van der Waals surface area (Å²) in [6, 6.07) is 8.88. The minimum Gasteiger partial charge on any atom is -0.342 e. The molecule has 1 aliphatic rings. The maximum absolute atomic E-state index is 12.4. The molecule has 0 spiro atoms. The molecular formula is C17H26N2OS. The molecule has 2 unspecified atom stereocenters. The zero-order chi connectivity index (χ0) is 15.2. The standard InChI is InChI=1S/C17H26N2OS/c1-13(18-3)15-7-9-16(10-8-15)21-14(2)17(20)19-11-5-4-6-12-19/h7-10,13-14,18H,4-6,11-12H2,1-3H3. The largest absolute Gasteiger partial charge is 0.342 e. The molecule has 1 heterocycles. The lowest BCUT2D eigenvalue weighted by Crippen LogP contribution is -2.40. The summed E-state index contributed by atoms with van der Waals surface area (Å²) in [5.41, 5.74) is 1.27. The van der Waals surface area contributed by atoms with Gasteiger partial charge in [-0.25, -0.2) is 0 Å². The van der Waals surface area contributed by atoms with Gasteiger partial charge in [0.2, 0.25) is 5.91 Å². The van der Waals surface area contributed by atoms with Crippen LogP contribution in [-0.4, -0.2) is 36.2 Å². The van der Waals surface area contributed by atoms with Gasteiger partial charge in [0.05, 0.1) is 5.25 Å². The quantitative estimate of drug-likeness (QED) is 0.846. The van der Waals surface area contributed by atoms with Crippen LogP contribution >= 0.6 is 11.8 Å². The van der Waals surface area contributed by atoms with Gasteiger partial charge in [0.25, 0.3) is 0 Å². The van der Waals surface area contributed by atoms with Crippen LogP contribution in [0.5, 0.6) is 0 Å². The van der Waals surface area contributed by atoms with E-state index < -0.39 is 0 Å². The third-order valence-electron chi connectivity index (χ3n) is 4.14.